The number of hydrogen-bond donors (Lipinski definition) is 2. The molecule has 0 aliphatic carbocycles. The Hall–Kier alpha value is -1.84. The fraction of sp³-hybridized carbons (Fsp3) is 0.400. The molecule has 0 bridgehead atoms. The first-order valence-electron chi connectivity index (χ1n) is 6.73. The van der Waals surface area contributed by atoms with Gasteiger partial charge in [-0.25, -0.2) is 4.39 Å². The fourth-order valence-corrected chi connectivity index (χ4v) is 2.13. The maximum atomic E-state index is 13.0. The van der Waals surface area contributed by atoms with Crippen LogP contribution in [-0.4, -0.2) is 17.4 Å². The first kappa shape index (κ1) is 13.6. The average Bonchev–Trinajstić information content (AvgIpc) is 2.79. The highest BCUT2D eigenvalue weighted by atomic mass is 19.1. The number of carbonyl (C=O) groups is 1. The number of rotatable bonds is 6. The molecule has 19 heavy (non-hydrogen) atoms. The number of hydrogen-bond acceptors (Lipinski definition) is 1. The van der Waals surface area contributed by atoms with E-state index in [-0.39, 0.29) is 11.7 Å². The third kappa shape index (κ3) is 3.56. The Morgan fingerprint density at radius 1 is 1.42 bits per heavy atom. The number of nitrogens with one attached hydrogen (secondary N) is 2. The van der Waals surface area contributed by atoms with Crippen molar-refractivity contribution in [3.05, 3.63) is 35.8 Å². The minimum Gasteiger partial charge on any atom is -0.361 e. The molecular formula is C15H19FN2O. The summed E-state index contributed by atoms with van der Waals surface area (Å²) in [6.07, 6.45) is 5.18. The molecule has 0 fully saturated rings. The van der Waals surface area contributed by atoms with Gasteiger partial charge in [0.15, 0.2) is 0 Å². The Bertz CT molecular complexity index is 562. The standard InChI is InChI=1S/C15H19FN2O/c1-2-3-4-15(19)17-8-7-11-10-18-14-9-12(16)5-6-13(11)14/h5-6,9-10,18H,2-4,7-8H2,1H3,(H,17,19). The largest absolute Gasteiger partial charge is 0.361 e. The summed E-state index contributed by atoms with van der Waals surface area (Å²) in [4.78, 5) is 14.5. The minimum atomic E-state index is -0.242. The molecule has 0 saturated heterocycles. The number of H-pyrrole nitrogens is 1. The Morgan fingerprint density at radius 2 is 2.26 bits per heavy atom. The van der Waals surface area contributed by atoms with Crippen molar-refractivity contribution in [1.29, 1.82) is 0 Å². The van der Waals surface area contributed by atoms with Crippen molar-refractivity contribution in [2.75, 3.05) is 6.54 Å². The maximum Gasteiger partial charge on any atom is 0.220 e. The van der Waals surface area contributed by atoms with Crippen LogP contribution in [0, 0.1) is 5.82 Å². The van der Waals surface area contributed by atoms with Crippen LogP contribution in [0.25, 0.3) is 10.9 Å². The first-order valence-corrected chi connectivity index (χ1v) is 6.73. The zero-order valence-corrected chi connectivity index (χ0v) is 11.1. The number of amides is 1. The molecule has 0 aliphatic heterocycles. The van der Waals surface area contributed by atoms with Crippen LogP contribution < -0.4 is 5.32 Å². The van der Waals surface area contributed by atoms with Gasteiger partial charge in [-0.05, 0) is 36.6 Å². The number of aromatic amines is 1. The molecule has 2 N–H and O–H groups in total. The molecule has 1 aromatic heterocycles. The topological polar surface area (TPSA) is 44.9 Å². The Balaban J connectivity index is 1.90. The summed E-state index contributed by atoms with van der Waals surface area (Å²) in [6, 6.07) is 4.72. The summed E-state index contributed by atoms with van der Waals surface area (Å²) in [5, 5.41) is 3.92. The Morgan fingerprint density at radius 3 is 3.05 bits per heavy atom. The van der Waals surface area contributed by atoms with Crippen LogP contribution in [0.5, 0.6) is 0 Å². The molecule has 0 unspecified atom stereocenters. The van der Waals surface area contributed by atoms with Gasteiger partial charge in [0.2, 0.25) is 5.91 Å². The lowest BCUT2D eigenvalue weighted by atomic mass is 10.1. The molecule has 1 heterocycles. The van der Waals surface area contributed by atoms with Crippen LogP contribution in [0.3, 0.4) is 0 Å². The predicted octanol–water partition coefficient (Wildman–Crippen LogP) is 3.16. The van der Waals surface area contributed by atoms with Crippen molar-refractivity contribution in [1.82, 2.24) is 10.3 Å². The molecule has 2 rings (SSSR count). The lowest BCUT2D eigenvalue weighted by Crippen LogP contribution is -2.25. The second-order valence-corrected chi connectivity index (χ2v) is 4.71. The van der Waals surface area contributed by atoms with Gasteiger partial charge in [-0.15, -0.1) is 0 Å². The molecule has 0 aliphatic rings. The van der Waals surface area contributed by atoms with Crippen LogP contribution >= 0.6 is 0 Å². The molecule has 0 radical (unpaired) electrons. The van der Waals surface area contributed by atoms with Gasteiger partial charge in [0.05, 0.1) is 0 Å². The highest BCUT2D eigenvalue weighted by Gasteiger charge is 2.05. The van der Waals surface area contributed by atoms with Crippen LogP contribution in [0.15, 0.2) is 24.4 Å². The summed E-state index contributed by atoms with van der Waals surface area (Å²) in [6.45, 7) is 2.69. The van der Waals surface area contributed by atoms with E-state index in [1.54, 1.807) is 6.07 Å². The average molecular weight is 262 g/mol. The van der Waals surface area contributed by atoms with Gasteiger partial charge in [-0.2, -0.15) is 0 Å². The highest BCUT2D eigenvalue weighted by molar-refractivity contribution is 5.83. The van der Waals surface area contributed by atoms with Gasteiger partial charge in [0, 0.05) is 30.1 Å². The van der Waals surface area contributed by atoms with Crippen molar-refractivity contribution >= 4 is 16.8 Å². The van der Waals surface area contributed by atoms with E-state index >= 15 is 0 Å². The molecule has 102 valence electrons. The number of unbranched alkanes of at least 4 members (excludes halogenated alkanes) is 1. The number of halogens is 1. The van der Waals surface area contributed by atoms with Crippen molar-refractivity contribution < 1.29 is 9.18 Å². The van der Waals surface area contributed by atoms with Gasteiger partial charge in [-0.1, -0.05) is 13.3 Å². The Labute approximate surface area is 112 Å². The molecule has 0 saturated carbocycles. The molecule has 3 nitrogen and oxygen atoms in total. The fourth-order valence-electron chi connectivity index (χ4n) is 2.13. The molecule has 4 heteroatoms. The van der Waals surface area contributed by atoms with E-state index in [0.717, 1.165) is 35.7 Å². The second kappa shape index (κ2) is 6.36. The van der Waals surface area contributed by atoms with E-state index in [1.807, 2.05) is 6.20 Å². The van der Waals surface area contributed by atoms with Gasteiger partial charge < -0.3 is 10.3 Å². The van der Waals surface area contributed by atoms with E-state index in [4.69, 9.17) is 0 Å². The number of carbonyl (C=O) groups excluding carboxylic acids is 1. The second-order valence-electron chi connectivity index (χ2n) is 4.71. The molecule has 1 amide bonds. The summed E-state index contributed by atoms with van der Waals surface area (Å²) in [5.41, 5.74) is 1.90. The van der Waals surface area contributed by atoms with E-state index in [9.17, 15) is 9.18 Å². The van der Waals surface area contributed by atoms with Crippen molar-refractivity contribution in [2.45, 2.75) is 32.6 Å². The quantitative estimate of drug-likeness (QED) is 0.825. The minimum absolute atomic E-state index is 0.104. The summed E-state index contributed by atoms with van der Waals surface area (Å²) in [5.74, 6) is -0.137. The molecule has 1 aromatic carbocycles. The van der Waals surface area contributed by atoms with Gasteiger partial charge >= 0.3 is 0 Å². The van der Waals surface area contributed by atoms with Crippen molar-refractivity contribution in [3.63, 3.8) is 0 Å². The van der Waals surface area contributed by atoms with Crippen LogP contribution in [0.1, 0.15) is 31.7 Å². The first-order chi connectivity index (χ1) is 9.20. The van der Waals surface area contributed by atoms with E-state index in [1.165, 1.54) is 12.1 Å². The normalized spacial score (nSPS) is 10.8. The monoisotopic (exact) mass is 262 g/mol. The zero-order valence-electron chi connectivity index (χ0n) is 11.1. The van der Waals surface area contributed by atoms with Crippen LogP contribution in [-0.2, 0) is 11.2 Å². The zero-order chi connectivity index (χ0) is 13.7. The van der Waals surface area contributed by atoms with Crippen molar-refractivity contribution in [2.24, 2.45) is 0 Å². The molecule has 2 aromatic rings. The molecule has 0 atom stereocenters. The summed E-state index contributed by atoms with van der Waals surface area (Å²) < 4.78 is 13.0. The summed E-state index contributed by atoms with van der Waals surface area (Å²) >= 11 is 0. The third-order valence-electron chi connectivity index (χ3n) is 3.20. The highest BCUT2D eigenvalue weighted by Crippen LogP contribution is 2.19. The predicted molar refractivity (Wildman–Crippen MR) is 74.5 cm³/mol. The summed E-state index contributed by atoms with van der Waals surface area (Å²) in [7, 11) is 0. The lowest BCUT2D eigenvalue weighted by molar-refractivity contribution is -0.121. The number of aromatic nitrogens is 1. The molecular weight excluding hydrogens is 243 g/mol. The van der Waals surface area contributed by atoms with Crippen molar-refractivity contribution in [3.8, 4) is 0 Å². The van der Waals surface area contributed by atoms with Crippen LogP contribution in [0.2, 0.25) is 0 Å². The lowest BCUT2D eigenvalue weighted by Gasteiger charge is -2.04. The number of fused-ring (bicyclic) bond motifs is 1. The van der Waals surface area contributed by atoms with Gasteiger partial charge in [0.25, 0.3) is 0 Å². The van der Waals surface area contributed by atoms with Crippen LogP contribution in [0.4, 0.5) is 4.39 Å². The smallest absolute Gasteiger partial charge is 0.220 e. The third-order valence-corrected chi connectivity index (χ3v) is 3.20. The van der Waals surface area contributed by atoms with Gasteiger partial charge in [-0.3, -0.25) is 4.79 Å². The maximum absolute atomic E-state index is 13.0. The molecule has 0 spiro atoms. The number of benzene rings is 1. The van der Waals surface area contributed by atoms with Gasteiger partial charge in [0.1, 0.15) is 5.82 Å². The van der Waals surface area contributed by atoms with E-state index in [2.05, 4.69) is 17.2 Å². The van der Waals surface area contributed by atoms with E-state index < -0.39 is 0 Å². The Kier molecular flexibility index (Phi) is 4.55. The van der Waals surface area contributed by atoms with E-state index in [0.29, 0.717) is 13.0 Å². The SMILES string of the molecule is CCCCC(=O)NCCc1c[nH]c2cc(F)ccc12.